The lowest BCUT2D eigenvalue weighted by Gasteiger charge is -2.30. The molecule has 0 bridgehead atoms. The number of carbonyl (C=O) groups is 1. The number of hydrogen-bond acceptors (Lipinski definition) is 7. The first-order valence-corrected chi connectivity index (χ1v) is 7.58. The molecular weight excluding hydrogens is 299 g/mol. The molecule has 1 heterocycles. The van der Waals surface area contributed by atoms with Crippen molar-refractivity contribution in [3.63, 3.8) is 0 Å². The van der Waals surface area contributed by atoms with Crippen LogP contribution in [0.1, 0.15) is 5.56 Å². The number of ether oxygens (including phenoxy) is 2. The van der Waals surface area contributed by atoms with Gasteiger partial charge in [0.25, 0.3) is 0 Å². The standard InChI is InChI=1S/C13H15O7P/c1-17-12(15)10-11(14)8-6-4-5-7-9(8)20-13(10)21(16,18-2)19-3/h4-7,13-14H,1-3H3. The van der Waals surface area contributed by atoms with Gasteiger partial charge in [0, 0.05) is 14.2 Å². The molecule has 1 aromatic carbocycles. The smallest absolute Gasteiger partial charge is 0.375 e. The monoisotopic (exact) mass is 314 g/mol. The lowest BCUT2D eigenvalue weighted by molar-refractivity contribution is -0.136. The Morgan fingerprint density at radius 2 is 1.86 bits per heavy atom. The second kappa shape index (κ2) is 5.89. The van der Waals surface area contributed by atoms with Gasteiger partial charge in [-0.2, -0.15) is 0 Å². The third-order valence-electron chi connectivity index (χ3n) is 3.08. The summed E-state index contributed by atoms with van der Waals surface area (Å²) in [7, 11) is -0.337. The van der Waals surface area contributed by atoms with E-state index >= 15 is 0 Å². The first-order chi connectivity index (χ1) is 9.98. The lowest BCUT2D eigenvalue weighted by atomic mass is 10.1. The van der Waals surface area contributed by atoms with Crippen LogP contribution in [0.2, 0.25) is 0 Å². The van der Waals surface area contributed by atoms with E-state index in [1.807, 2.05) is 0 Å². The second-order valence-electron chi connectivity index (χ2n) is 4.13. The van der Waals surface area contributed by atoms with Crippen LogP contribution in [0, 0.1) is 0 Å². The van der Waals surface area contributed by atoms with E-state index < -0.39 is 19.4 Å². The molecule has 1 atom stereocenters. The van der Waals surface area contributed by atoms with Gasteiger partial charge in [-0.25, -0.2) is 4.79 Å². The van der Waals surface area contributed by atoms with E-state index in [4.69, 9.17) is 13.8 Å². The van der Waals surface area contributed by atoms with Gasteiger partial charge in [0.1, 0.15) is 17.1 Å². The molecule has 8 heteroatoms. The van der Waals surface area contributed by atoms with Gasteiger partial charge in [0.15, 0.2) is 0 Å². The van der Waals surface area contributed by atoms with E-state index in [1.165, 1.54) is 14.2 Å². The summed E-state index contributed by atoms with van der Waals surface area (Å²) in [5.74, 6) is -2.39. The Balaban J connectivity index is 2.65. The van der Waals surface area contributed by atoms with Gasteiger partial charge in [0.05, 0.1) is 12.7 Å². The SMILES string of the molecule is COC(=O)C1=C(O)c2ccccc2OC1P(=O)(OC)OC. The van der Waals surface area contributed by atoms with Crippen LogP contribution in [-0.4, -0.2) is 38.3 Å². The number of rotatable bonds is 4. The van der Waals surface area contributed by atoms with Crippen molar-refractivity contribution < 1.29 is 33.0 Å². The number of aliphatic hydroxyl groups is 1. The van der Waals surface area contributed by atoms with E-state index in [0.717, 1.165) is 7.11 Å². The number of benzene rings is 1. The molecule has 0 saturated carbocycles. The van der Waals surface area contributed by atoms with Crippen molar-refractivity contribution >= 4 is 19.3 Å². The van der Waals surface area contributed by atoms with Crippen molar-refractivity contribution in [3.8, 4) is 5.75 Å². The minimum absolute atomic E-state index is 0.266. The van der Waals surface area contributed by atoms with E-state index in [2.05, 4.69) is 4.74 Å². The van der Waals surface area contributed by atoms with E-state index in [9.17, 15) is 14.5 Å². The molecule has 1 aromatic rings. The number of fused-ring (bicyclic) bond motifs is 1. The van der Waals surface area contributed by atoms with Crippen LogP contribution in [0.4, 0.5) is 0 Å². The van der Waals surface area contributed by atoms with E-state index in [0.29, 0.717) is 5.56 Å². The zero-order valence-electron chi connectivity index (χ0n) is 11.7. The topological polar surface area (TPSA) is 91.3 Å². The molecule has 1 N–H and O–H groups in total. The molecule has 1 aliphatic rings. The van der Waals surface area contributed by atoms with Gasteiger partial charge < -0.3 is 23.6 Å². The number of methoxy groups -OCH3 is 1. The Bertz CT molecular complexity index is 629. The maximum Gasteiger partial charge on any atom is 0.375 e. The predicted octanol–water partition coefficient (Wildman–Crippen LogP) is 2.33. The average molecular weight is 314 g/mol. The predicted molar refractivity (Wildman–Crippen MR) is 74.0 cm³/mol. The third kappa shape index (κ3) is 2.55. The number of aliphatic hydroxyl groups excluding tert-OH is 1. The van der Waals surface area contributed by atoms with E-state index in [-0.39, 0.29) is 17.1 Å². The highest BCUT2D eigenvalue weighted by atomic mass is 31.2. The van der Waals surface area contributed by atoms with Crippen LogP contribution in [0.15, 0.2) is 29.8 Å². The lowest BCUT2D eigenvalue weighted by Crippen LogP contribution is -2.31. The Labute approximate surface area is 121 Å². The molecule has 0 aromatic heterocycles. The molecule has 0 spiro atoms. The molecule has 21 heavy (non-hydrogen) atoms. The van der Waals surface area contributed by atoms with Gasteiger partial charge >= 0.3 is 13.6 Å². The quantitative estimate of drug-likeness (QED) is 0.673. The largest absolute Gasteiger partial charge is 0.506 e. The first-order valence-electron chi connectivity index (χ1n) is 5.97. The van der Waals surface area contributed by atoms with Crippen LogP contribution in [0.25, 0.3) is 5.76 Å². The number of para-hydroxylation sites is 1. The van der Waals surface area contributed by atoms with E-state index in [1.54, 1.807) is 24.3 Å². The number of esters is 1. The van der Waals surface area contributed by atoms with Crippen molar-refractivity contribution in [2.75, 3.05) is 21.3 Å². The van der Waals surface area contributed by atoms with Crippen LogP contribution in [0.3, 0.4) is 0 Å². The fourth-order valence-electron chi connectivity index (χ4n) is 2.00. The van der Waals surface area contributed by atoms with Crippen molar-refractivity contribution in [1.29, 1.82) is 0 Å². The zero-order valence-corrected chi connectivity index (χ0v) is 12.6. The van der Waals surface area contributed by atoms with Crippen molar-refractivity contribution in [2.45, 2.75) is 5.85 Å². The van der Waals surface area contributed by atoms with Gasteiger partial charge in [-0.3, -0.25) is 4.57 Å². The van der Waals surface area contributed by atoms with Crippen LogP contribution in [-0.2, 0) is 23.1 Å². The van der Waals surface area contributed by atoms with Crippen molar-refractivity contribution in [2.24, 2.45) is 0 Å². The summed E-state index contributed by atoms with van der Waals surface area (Å²) < 4.78 is 32.5. The highest BCUT2D eigenvalue weighted by Crippen LogP contribution is 2.57. The maximum atomic E-state index is 12.6. The Morgan fingerprint density at radius 3 is 2.43 bits per heavy atom. The van der Waals surface area contributed by atoms with Gasteiger partial charge in [-0.1, -0.05) is 12.1 Å². The molecule has 1 unspecified atom stereocenters. The highest BCUT2D eigenvalue weighted by Gasteiger charge is 2.47. The summed E-state index contributed by atoms with van der Waals surface area (Å²) >= 11 is 0. The van der Waals surface area contributed by atoms with Gasteiger partial charge in [-0.05, 0) is 12.1 Å². The Morgan fingerprint density at radius 1 is 1.24 bits per heavy atom. The fraction of sp³-hybridized carbons (Fsp3) is 0.308. The Hall–Kier alpha value is -1.82. The summed E-state index contributed by atoms with van der Waals surface area (Å²) in [5, 5.41) is 10.3. The first kappa shape index (κ1) is 15.6. The summed E-state index contributed by atoms with van der Waals surface area (Å²) in [5.41, 5.74) is -0.00357. The summed E-state index contributed by atoms with van der Waals surface area (Å²) in [4.78, 5) is 11.9. The average Bonchev–Trinajstić information content (AvgIpc) is 2.53. The van der Waals surface area contributed by atoms with Crippen molar-refractivity contribution in [3.05, 3.63) is 35.4 Å². The molecule has 0 fully saturated rings. The fourth-order valence-corrected chi connectivity index (χ4v) is 3.32. The van der Waals surface area contributed by atoms with Crippen LogP contribution >= 0.6 is 7.60 Å². The van der Waals surface area contributed by atoms with Gasteiger partial charge in [-0.15, -0.1) is 0 Å². The molecule has 1 aliphatic heterocycles. The molecule has 0 radical (unpaired) electrons. The minimum atomic E-state index is -3.81. The molecular formula is C13H15O7P. The summed E-state index contributed by atoms with van der Waals surface area (Å²) in [6, 6.07) is 6.48. The molecule has 0 amide bonds. The zero-order chi connectivity index (χ0) is 15.6. The molecule has 2 rings (SSSR count). The Kier molecular flexibility index (Phi) is 4.37. The maximum absolute atomic E-state index is 12.6. The summed E-state index contributed by atoms with van der Waals surface area (Å²) in [6.07, 6.45) is 0. The number of carbonyl (C=O) groups excluding carboxylic acids is 1. The minimum Gasteiger partial charge on any atom is -0.506 e. The van der Waals surface area contributed by atoms with Crippen molar-refractivity contribution in [1.82, 2.24) is 0 Å². The molecule has 0 aliphatic carbocycles. The normalized spacial score (nSPS) is 18.0. The third-order valence-corrected chi connectivity index (χ3v) is 5.04. The summed E-state index contributed by atoms with van der Waals surface area (Å²) in [6.45, 7) is 0. The van der Waals surface area contributed by atoms with Crippen LogP contribution in [0.5, 0.6) is 5.75 Å². The van der Waals surface area contributed by atoms with Crippen LogP contribution < -0.4 is 4.74 Å². The molecule has 114 valence electrons. The highest BCUT2D eigenvalue weighted by molar-refractivity contribution is 7.54. The van der Waals surface area contributed by atoms with Gasteiger partial charge in [0.2, 0.25) is 5.85 Å². The number of hydrogen-bond donors (Lipinski definition) is 1. The second-order valence-corrected chi connectivity index (χ2v) is 6.40. The molecule has 7 nitrogen and oxygen atoms in total. The molecule has 0 saturated heterocycles.